The van der Waals surface area contributed by atoms with Crippen LogP contribution < -0.4 is 4.90 Å². The predicted molar refractivity (Wildman–Crippen MR) is 81.4 cm³/mol. The molecule has 0 aromatic heterocycles. The number of ether oxygens (including phenoxy) is 1. The minimum absolute atomic E-state index is 0.123. The standard InChI is InChI=1S/C17H20FNO4/c1-2-23-16(21)6-4-10-3-5-14(13(18)7-10)19-11-8-12(17(19)22)15(20)9-11/h3,5,7,11-12,15,20H,2,4,6,8-9H2,1H3/t11-,12+,15+/m0/s1. The molecule has 5 nitrogen and oxygen atoms in total. The smallest absolute Gasteiger partial charge is 0.306 e. The van der Waals surface area contributed by atoms with Crippen molar-refractivity contribution in [1.29, 1.82) is 0 Å². The van der Waals surface area contributed by atoms with Crippen molar-refractivity contribution < 1.29 is 23.8 Å². The number of hydrogen-bond acceptors (Lipinski definition) is 4. The maximum atomic E-state index is 14.4. The minimum atomic E-state index is -0.601. The third-order valence-corrected chi connectivity index (χ3v) is 4.62. The number of esters is 1. The molecule has 1 aromatic carbocycles. The van der Waals surface area contributed by atoms with Crippen LogP contribution in [0.4, 0.5) is 10.1 Å². The van der Waals surface area contributed by atoms with Gasteiger partial charge in [-0.15, -0.1) is 0 Å². The summed E-state index contributed by atoms with van der Waals surface area (Å²) in [5.41, 5.74) is 0.949. The third kappa shape index (κ3) is 2.95. The Balaban J connectivity index is 1.71. The fraction of sp³-hybridized carbons (Fsp3) is 0.529. The van der Waals surface area contributed by atoms with E-state index >= 15 is 0 Å². The molecule has 2 aliphatic rings. The van der Waals surface area contributed by atoms with Crippen LogP contribution in [0.15, 0.2) is 18.2 Å². The van der Waals surface area contributed by atoms with E-state index in [4.69, 9.17) is 4.74 Å². The summed E-state index contributed by atoms with van der Waals surface area (Å²) < 4.78 is 19.2. The molecule has 124 valence electrons. The second-order valence-electron chi connectivity index (χ2n) is 6.10. The first-order valence-electron chi connectivity index (χ1n) is 7.96. The first-order chi connectivity index (χ1) is 11.0. The highest BCUT2D eigenvalue weighted by Gasteiger charge is 2.51. The normalized spacial score (nSPS) is 26.0. The van der Waals surface area contributed by atoms with E-state index in [1.807, 2.05) is 0 Å². The average molecular weight is 321 g/mol. The number of fused-ring (bicyclic) bond motifs is 2. The summed E-state index contributed by atoms with van der Waals surface area (Å²) in [6, 6.07) is 4.56. The van der Waals surface area contributed by atoms with Gasteiger partial charge in [-0.2, -0.15) is 0 Å². The van der Waals surface area contributed by atoms with Gasteiger partial charge in [0.15, 0.2) is 0 Å². The van der Waals surface area contributed by atoms with Crippen molar-refractivity contribution in [3.05, 3.63) is 29.6 Å². The van der Waals surface area contributed by atoms with Gasteiger partial charge in [-0.1, -0.05) is 6.07 Å². The van der Waals surface area contributed by atoms with E-state index in [0.29, 0.717) is 31.4 Å². The van der Waals surface area contributed by atoms with Crippen LogP contribution in [0.3, 0.4) is 0 Å². The molecule has 1 aliphatic heterocycles. The lowest BCUT2D eigenvalue weighted by Gasteiger charge is -2.29. The Bertz CT molecular complexity index is 633. The number of nitrogens with zero attached hydrogens (tertiary/aromatic N) is 1. The highest BCUT2D eigenvalue weighted by molar-refractivity contribution is 5.99. The van der Waals surface area contributed by atoms with Gasteiger partial charge in [0.05, 0.1) is 24.3 Å². The SMILES string of the molecule is CCOC(=O)CCc1ccc(N2C(=O)[C@@H]3C[C@H]2C[C@H]3O)c(F)c1. The molecule has 1 saturated heterocycles. The molecule has 0 radical (unpaired) electrons. The lowest BCUT2D eigenvalue weighted by Crippen LogP contribution is -2.42. The number of piperidine rings is 1. The van der Waals surface area contributed by atoms with Crippen LogP contribution in [-0.4, -0.2) is 35.7 Å². The number of carbonyl (C=O) groups excluding carboxylic acids is 2. The van der Waals surface area contributed by atoms with Crippen LogP contribution in [0.25, 0.3) is 0 Å². The summed E-state index contributed by atoms with van der Waals surface area (Å²) in [6.07, 6.45) is 1.08. The van der Waals surface area contributed by atoms with Gasteiger partial charge in [0.2, 0.25) is 5.91 Å². The zero-order valence-corrected chi connectivity index (χ0v) is 13.0. The summed E-state index contributed by atoms with van der Waals surface area (Å²) in [5.74, 6) is -1.38. The second kappa shape index (κ2) is 6.28. The van der Waals surface area contributed by atoms with Crippen molar-refractivity contribution in [3.63, 3.8) is 0 Å². The number of aryl methyl sites for hydroxylation is 1. The highest BCUT2D eigenvalue weighted by atomic mass is 19.1. The lowest BCUT2D eigenvalue weighted by molar-refractivity contribution is -0.143. The number of halogens is 1. The van der Waals surface area contributed by atoms with Crippen molar-refractivity contribution in [3.8, 4) is 0 Å². The minimum Gasteiger partial charge on any atom is -0.466 e. The number of rotatable bonds is 5. The Morgan fingerprint density at radius 3 is 2.83 bits per heavy atom. The van der Waals surface area contributed by atoms with Gasteiger partial charge in [-0.25, -0.2) is 4.39 Å². The average Bonchev–Trinajstić information content (AvgIpc) is 3.02. The third-order valence-electron chi connectivity index (χ3n) is 4.62. The fourth-order valence-corrected chi connectivity index (χ4v) is 3.52. The summed E-state index contributed by atoms with van der Waals surface area (Å²) in [7, 11) is 0. The van der Waals surface area contributed by atoms with Crippen LogP contribution in [0.5, 0.6) is 0 Å². The second-order valence-corrected chi connectivity index (χ2v) is 6.10. The zero-order chi connectivity index (χ0) is 16.6. The Kier molecular flexibility index (Phi) is 4.35. The molecular weight excluding hydrogens is 301 g/mol. The van der Waals surface area contributed by atoms with E-state index in [0.717, 1.165) is 0 Å². The molecule has 1 N–H and O–H groups in total. The van der Waals surface area contributed by atoms with Gasteiger partial charge in [-0.05, 0) is 43.9 Å². The Morgan fingerprint density at radius 1 is 1.43 bits per heavy atom. The number of aliphatic hydroxyl groups is 1. The van der Waals surface area contributed by atoms with Crippen molar-refractivity contribution in [2.75, 3.05) is 11.5 Å². The quantitative estimate of drug-likeness (QED) is 0.840. The van der Waals surface area contributed by atoms with Crippen LogP contribution in [-0.2, 0) is 20.7 Å². The molecule has 3 atom stereocenters. The molecule has 1 aliphatic carbocycles. The van der Waals surface area contributed by atoms with Crippen molar-refractivity contribution in [2.24, 2.45) is 5.92 Å². The Hall–Kier alpha value is -1.95. The van der Waals surface area contributed by atoms with Crippen LogP contribution in [0.1, 0.15) is 31.7 Å². The van der Waals surface area contributed by atoms with E-state index < -0.39 is 17.8 Å². The molecule has 1 amide bonds. The lowest BCUT2D eigenvalue weighted by atomic mass is 10.0. The highest BCUT2D eigenvalue weighted by Crippen LogP contribution is 2.42. The van der Waals surface area contributed by atoms with Crippen LogP contribution in [0.2, 0.25) is 0 Å². The number of amides is 1. The molecule has 23 heavy (non-hydrogen) atoms. The monoisotopic (exact) mass is 321 g/mol. The summed E-state index contributed by atoms with van der Waals surface area (Å²) >= 11 is 0. The number of benzene rings is 1. The molecule has 3 rings (SSSR count). The van der Waals surface area contributed by atoms with Crippen molar-refractivity contribution in [2.45, 2.75) is 44.8 Å². The van der Waals surface area contributed by atoms with Crippen molar-refractivity contribution in [1.82, 2.24) is 0 Å². The topological polar surface area (TPSA) is 66.8 Å². The molecule has 6 heteroatoms. The van der Waals surface area contributed by atoms with E-state index in [2.05, 4.69) is 0 Å². The van der Waals surface area contributed by atoms with Gasteiger partial charge < -0.3 is 14.7 Å². The van der Waals surface area contributed by atoms with Gasteiger partial charge in [0, 0.05) is 12.5 Å². The fourth-order valence-electron chi connectivity index (χ4n) is 3.52. The molecule has 1 heterocycles. The Labute approximate surface area is 134 Å². The summed E-state index contributed by atoms with van der Waals surface area (Å²) in [6.45, 7) is 2.07. The van der Waals surface area contributed by atoms with Crippen LogP contribution >= 0.6 is 0 Å². The maximum absolute atomic E-state index is 14.4. The van der Waals surface area contributed by atoms with Crippen molar-refractivity contribution >= 4 is 17.6 Å². The largest absolute Gasteiger partial charge is 0.466 e. The summed E-state index contributed by atoms with van der Waals surface area (Å²) in [4.78, 5) is 25.1. The molecule has 2 bridgehead atoms. The number of carbonyl (C=O) groups is 2. The molecule has 1 saturated carbocycles. The van der Waals surface area contributed by atoms with Gasteiger partial charge in [0.25, 0.3) is 0 Å². The molecule has 1 aromatic rings. The summed E-state index contributed by atoms with van der Waals surface area (Å²) in [5, 5.41) is 9.75. The molecule has 0 spiro atoms. The zero-order valence-electron chi connectivity index (χ0n) is 13.0. The maximum Gasteiger partial charge on any atom is 0.306 e. The predicted octanol–water partition coefficient (Wildman–Crippen LogP) is 1.81. The van der Waals surface area contributed by atoms with Gasteiger partial charge >= 0.3 is 5.97 Å². The van der Waals surface area contributed by atoms with E-state index in [-0.39, 0.29) is 30.0 Å². The van der Waals surface area contributed by atoms with E-state index in [1.54, 1.807) is 19.1 Å². The number of aliphatic hydroxyl groups excluding tert-OH is 1. The van der Waals surface area contributed by atoms with E-state index in [9.17, 15) is 19.1 Å². The number of hydrogen-bond donors (Lipinski definition) is 1. The van der Waals surface area contributed by atoms with Gasteiger partial charge in [-0.3, -0.25) is 9.59 Å². The molecule has 2 fully saturated rings. The van der Waals surface area contributed by atoms with Crippen LogP contribution in [0, 0.1) is 11.7 Å². The number of anilines is 1. The molecular formula is C17H20FNO4. The van der Waals surface area contributed by atoms with Gasteiger partial charge in [0.1, 0.15) is 5.82 Å². The molecule has 0 unspecified atom stereocenters. The van der Waals surface area contributed by atoms with E-state index in [1.165, 1.54) is 11.0 Å². The first kappa shape index (κ1) is 15.9. The first-order valence-corrected chi connectivity index (χ1v) is 7.96. The Morgan fingerprint density at radius 2 is 2.22 bits per heavy atom.